The molecular formula is C18H14O3. The van der Waals surface area contributed by atoms with Crippen molar-refractivity contribution < 1.29 is 14.6 Å². The van der Waals surface area contributed by atoms with Gasteiger partial charge in [-0.2, -0.15) is 0 Å². The van der Waals surface area contributed by atoms with E-state index in [2.05, 4.69) is 0 Å². The second kappa shape index (κ2) is 5.29. The van der Waals surface area contributed by atoms with Crippen LogP contribution in [0.25, 0.3) is 21.9 Å². The third kappa shape index (κ3) is 2.46. The number of benzene rings is 3. The molecule has 0 radical (unpaired) electrons. The van der Waals surface area contributed by atoms with E-state index in [0.717, 1.165) is 27.6 Å². The fraction of sp³-hybridized carbons (Fsp3) is 0.0556. The molecule has 3 aromatic carbocycles. The third-order valence-corrected chi connectivity index (χ3v) is 3.53. The van der Waals surface area contributed by atoms with E-state index in [1.165, 1.54) is 0 Å². The standard InChI is InChI=1S/C18H14O3/c1-21-15-8-5-12(6-9-15)13-7-10-16-14(11-13)3-2-4-17(16)18(19)20/h2-11H,1H3,(H,19,20). The number of carboxylic acids is 1. The predicted molar refractivity (Wildman–Crippen MR) is 82.9 cm³/mol. The van der Waals surface area contributed by atoms with Crippen LogP contribution in [0.5, 0.6) is 5.75 Å². The Morgan fingerprint density at radius 2 is 1.67 bits per heavy atom. The molecule has 0 fully saturated rings. The van der Waals surface area contributed by atoms with Crippen LogP contribution in [0.1, 0.15) is 10.4 Å². The van der Waals surface area contributed by atoms with E-state index in [4.69, 9.17) is 4.74 Å². The van der Waals surface area contributed by atoms with Gasteiger partial charge >= 0.3 is 5.97 Å². The van der Waals surface area contributed by atoms with Gasteiger partial charge in [0.2, 0.25) is 0 Å². The number of carboxylic acid groups (broad SMARTS) is 1. The van der Waals surface area contributed by atoms with Crippen molar-refractivity contribution in [2.45, 2.75) is 0 Å². The van der Waals surface area contributed by atoms with Crippen molar-refractivity contribution >= 4 is 16.7 Å². The Balaban J connectivity index is 2.10. The first-order valence-electron chi connectivity index (χ1n) is 6.59. The van der Waals surface area contributed by atoms with Gasteiger partial charge in [-0.3, -0.25) is 0 Å². The van der Waals surface area contributed by atoms with Gasteiger partial charge in [0, 0.05) is 0 Å². The molecule has 0 aromatic heterocycles. The van der Waals surface area contributed by atoms with Crippen molar-refractivity contribution in [1.82, 2.24) is 0 Å². The minimum absolute atomic E-state index is 0.328. The Morgan fingerprint density at radius 1 is 0.952 bits per heavy atom. The van der Waals surface area contributed by atoms with Gasteiger partial charge in [0.25, 0.3) is 0 Å². The Kier molecular flexibility index (Phi) is 3.32. The molecule has 0 heterocycles. The van der Waals surface area contributed by atoms with Crippen molar-refractivity contribution in [1.29, 1.82) is 0 Å². The maximum atomic E-state index is 11.2. The molecule has 0 aliphatic carbocycles. The first-order valence-corrected chi connectivity index (χ1v) is 6.59. The summed E-state index contributed by atoms with van der Waals surface area (Å²) in [4.78, 5) is 11.2. The molecule has 3 aromatic rings. The summed E-state index contributed by atoms with van der Waals surface area (Å²) in [5, 5.41) is 10.9. The van der Waals surface area contributed by atoms with E-state index in [0.29, 0.717) is 5.56 Å². The molecule has 0 spiro atoms. The molecule has 0 unspecified atom stereocenters. The van der Waals surface area contributed by atoms with Crippen LogP contribution in [0.3, 0.4) is 0 Å². The number of ether oxygens (including phenoxy) is 1. The van der Waals surface area contributed by atoms with E-state index in [9.17, 15) is 9.90 Å². The lowest BCUT2D eigenvalue weighted by atomic mass is 9.98. The maximum absolute atomic E-state index is 11.2. The Morgan fingerprint density at radius 3 is 2.33 bits per heavy atom. The molecule has 0 saturated carbocycles. The Labute approximate surface area is 122 Å². The van der Waals surface area contributed by atoms with Crippen LogP contribution >= 0.6 is 0 Å². The molecule has 0 bridgehead atoms. The van der Waals surface area contributed by atoms with E-state index in [1.54, 1.807) is 19.2 Å². The lowest BCUT2D eigenvalue weighted by Gasteiger charge is -2.07. The molecule has 0 aliphatic heterocycles. The molecular weight excluding hydrogens is 264 g/mol. The fourth-order valence-electron chi connectivity index (χ4n) is 2.43. The van der Waals surface area contributed by atoms with Crippen LogP contribution in [0, 0.1) is 0 Å². The summed E-state index contributed by atoms with van der Waals surface area (Å²) in [7, 11) is 1.64. The zero-order valence-electron chi connectivity index (χ0n) is 11.5. The molecule has 104 valence electrons. The highest BCUT2D eigenvalue weighted by Crippen LogP contribution is 2.27. The summed E-state index contributed by atoms with van der Waals surface area (Å²) in [6.45, 7) is 0. The highest BCUT2D eigenvalue weighted by Gasteiger charge is 2.08. The first kappa shape index (κ1) is 13.2. The van der Waals surface area contributed by atoms with E-state index in [-0.39, 0.29) is 0 Å². The summed E-state index contributed by atoms with van der Waals surface area (Å²) < 4.78 is 5.15. The number of methoxy groups -OCH3 is 1. The molecule has 0 amide bonds. The van der Waals surface area contributed by atoms with Gasteiger partial charge in [0.15, 0.2) is 0 Å². The molecule has 0 aliphatic rings. The summed E-state index contributed by atoms with van der Waals surface area (Å²) >= 11 is 0. The van der Waals surface area contributed by atoms with Gasteiger partial charge in [0.1, 0.15) is 5.75 Å². The highest BCUT2D eigenvalue weighted by atomic mass is 16.5. The second-order valence-electron chi connectivity index (χ2n) is 4.78. The number of hydrogen-bond acceptors (Lipinski definition) is 2. The lowest BCUT2D eigenvalue weighted by Crippen LogP contribution is -1.96. The van der Waals surface area contributed by atoms with E-state index < -0.39 is 5.97 Å². The van der Waals surface area contributed by atoms with Crippen LogP contribution in [0.15, 0.2) is 60.7 Å². The van der Waals surface area contributed by atoms with Crippen LogP contribution in [0.4, 0.5) is 0 Å². The average molecular weight is 278 g/mol. The number of hydrogen-bond donors (Lipinski definition) is 1. The Bertz CT molecular complexity index is 804. The largest absolute Gasteiger partial charge is 0.497 e. The van der Waals surface area contributed by atoms with E-state index >= 15 is 0 Å². The Hall–Kier alpha value is -2.81. The quantitative estimate of drug-likeness (QED) is 0.780. The normalized spacial score (nSPS) is 10.5. The number of carbonyl (C=O) groups is 1. The average Bonchev–Trinajstić information content (AvgIpc) is 2.53. The number of aromatic carboxylic acids is 1. The summed E-state index contributed by atoms with van der Waals surface area (Å²) in [6, 6.07) is 18.9. The smallest absolute Gasteiger partial charge is 0.336 e. The van der Waals surface area contributed by atoms with Crippen molar-refractivity contribution in [3.63, 3.8) is 0 Å². The van der Waals surface area contributed by atoms with Crippen LogP contribution in [-0.2, 0) is 0 Å². The maximum Gasteiger partial charge on any atom is 0.336 e. The minimum atomic E-state index is -0.905. The molecule has 1 N–H and O–H groups in total. The lowest BCUT2D eigenvalue weighted by molar-refractivity contribution is 0.0699. The van der Waals surface area contributed by atoms with Crippen molar-refractivity contribution in [3.8, 4) is 16.9 Å². The summed E-state index contributed by atoms with van der Waals surface area (Å²) in [5.74, 6) is -0.0921. The topological polar surface area (TPSA) is 46.5 Å². The van der Waals surface area contributed by atoms with E-state index in [1.807, 2.05) is 48.5 Å². The van der Waals surface area contributed by atoms with Crippen LogP contribution < -0.4 is 4.74 Å². The second-order valence-corrected chi connectivity index (χ2v) is 4.78. The highest BCUT2D eigenvalue weighted by molar-refractivity contribution is 6.04. The predicted octanol–water partition coefficient (Wildman–Crippen LogP) is 4.21. The molecule has 3 heteroatoms. The van der Waals surface area contributed by atoms with Gasteiger partial charge in [-0.1, -0.05) is 36.4 Å². The fourth-order valence-corrected chi connectivity index (χ4v) is 2.43. The zero-order valence-corrected chi connectivity index (χ0v) is 11.5. The van der Waals surface area contributed by atoms with Crippen LogP contribution in [-0.4, -0.2) is 18.2 Å². The first-order chi connectivity index (χ1) is 10.2. The summed E-state index contributed by atoms with van der Waals surface area (Å²) in [6.07, 6.45) is 0. The molecule has 3 rings (SSSR count). The molecule has 0 saturated heterocycles. The van der Waals surface area contributed by atoms with Crippen molar-refractivity contribution in [2.75, 3.05) is 7.11 Å². The monoisotopic (exact) mass is 278 g/mol. The molecule has 0 atom stereocenters. The van der Waals surface area contributed by atoms with Crippen LogP contribution in [0.2, 0.25) is 0 Å². The van der Waals surface area contributed by atoms with Gasteiger partial charge < -0.3 is 9.84 Å². The SMILES string of the molecule is COc1ccc(-c2ccc3c(C(=O)O)cccc3c2)cc1. The zero-order chi connectivity index (χ0) is 14.8. The minimum Gasteiger partial charge on any atom is -0.497 e. The molecule has 3 nitrogen and oxygen atoms in total. The van der Waals surface area contributed by atoms with Crippen molar-refractivity contribution in [3.05, 3.63) is 66.2 Å². The van der Waals surface area contributed by atoms with Gasteiger partial charge in [-0.25, -0.2) is 4.79 Å². The van der Waals surface area contributed by atoms with Crippen molar-refractivity contribution in [2.24, 2.45) is 0 Å². The molecule has 21 heavy (non-hydrogen) atoms. The number of rotatable bonds is 3. The van der Waals surface area contributed by atoms with Gasteiger partial charge in [0.05, 0.1) is 12.7 Å². The van der Waals surface area contributed by atoms with Gasteiger partial charge in [-0.15, -0.1) is 0 Å². The summed E-state index contributed by atoms with van der Waals surface area (Å²) in [5.41, 5.74) is 2.44. The van der Waals surface area contributed by atoms with Gasteiger partial charge in [-0.05, 0) is 46.2 Å². The number of fused-ring (bicyclic) bond motifs is 1. The third-order valence-electron chi connectivity index (χ3n) is 3.53.